The summed E-state index contributed by atoms with van der Waals surface area (Å²) < 4.78 is 0. The summed E-state index contributed by atoms with van der Waals surface area (Å²) in [6, 6.07) is 11.0. The first-order valence-corrected chi connectivity index (χ1v) is 7.42. The van der Waals surface area contributed by atoms with Crippen LogP contribution in [0.1, 0.15) is 57.4 Å². The molecule has 0 radical (unpaired) electrons. The lowest BCUT2D eigenvalue weighted by Crippen LogP contribution is -2.16. The van der Waals surface area contributed by atoms with Crippen LogP contribution in [0.3, 0.4) is 0 Å². The number of hydrogen-bond donors (Lipinski definition) is 0. The van der Waals surface area contributed by atoms with Crippen molar-refractivity contribution in [2.75, 3.05) is 0 Å². The van der Waals surface area contributed by atoms with Crippen LogP contribution < -0.4 is 0 Å². The van der Waals surface area contributed by atoms with E-state index in [4.69, 9.17) is 0 Å². The molecule has 0 unspecified atom stereocenters. The number of benzene rings is 1. The molecule has 2 rings (SSSR count). The van der Waals surface area contributed by atoms with Crippen LogP contribution in [0, 0.1) is 11.8 Å². The third kappa shape index (κ3) is 4.18. The van der Waals surface area contributed by atoms with Crippen molar-refractivity contribution in [2.24, 2.45) is 11.8 Å². The highest BCUT2D eigenvalue weighted by Crippen LogP contribution is 2.33. The number of unbranched alkanes of at least 4 members (excludes halogenated alkanes) is 1. The molecule has 0 aliphatic heterocycles. The fourth-order valence-electron chi connectivity index (χ4n) is 3.16. The summed E-state index contributed by atoms with van der Waals surface area (Å²) in [4.78, 5) is 0. The second-order valence-corrected chi connectivity index (χ2v) is 5.72. The average Bonchev–Trinajstić information content (AvgIpc) is 2.39. The largest absolute Gasteiger partial charge is 0.0654 e. The normalized spacial score (nSPS) is 24.8. The molecule has 0 bridgehead atoms. The average molecular weight is 230 g/mol. The van der Waals surface area contributed by atoms with Gasteiger partial charge in [0.1, 0.15) is 0 Å². The Balaban J connectivity index is 1.72. The molecule has 0 N–H and O–H groups in total. The van der Waals surface area contributed by atoms with Gasteiger partial charge in [-0.25, -0.2) is 0 Å². The maximum atomic E-state index is 2.31. The Bertz CT molecular complexity index is 293. The zero-order valence-electron chi connectivity index (χ0n) is 11.2. The van der Waals surface area contributed by atoms with Crippen molar-refractivity contribution in [1.82, 2.24) is 0 Å². The van der Waals surface area contributed by atoms with Gasteiger partial charge in [0.05, 0.1) is 0 Å². The summed E-state index contributed by atoms with van der Waals surface area (Å²) in [6.45, 7) is 2.31. The van der Waals surface area contributed by atoms with Crippen LogP contribution in [-0.4, -0.2) is 0 Å². The van der Waals surface area contributed by atoms with E-state index in [-0.39, 0.29) is 0 Å². The van der Waals surface area contributed by atoms with E-state index in [0.29, 0.717) is 0 Å². The number of hydrogen-bond acceptors (Lipinski definition) is 0. The van der Waals surface area contributed by atoms with E-state index in [2.05, 4.69) is 37.3 Å². The minimum Gasteiger partial charge on any atom is -0.0654 e. The fraction of sp³-hybridized carbons (Fsp3) is 0.647. The zero-order chi connectivity index (χ0) is 11.9. The molecule has 0 amide bonds. The summed E-state index contributed by atoms with van der Waals surface area (Å²) in [7, 11) is 0. The molecule has 0 saturated heterocycles. The monoisotopic (exact) mass is 230 g/mol. The molecule has 0 atom stereocenters. The van der Waals surface area contributed by atoms with E-state index < -0.39 is 0 Å². The maximum Gasteiger partial charge on any atom is -0.0250 e. The van der Waals surface area contributed by atoms with Crippen molar-refractivity contribution in [3.8, 4) is 0 Å². The van der Waals surface area contributed by atoms with Crippen LogP contribution in [0.5, 0.6) is 0 Å². The van der Waals surface area contributed by atoms with E-state index in [1.807, 2.05) is 0 Å². The minimum absolute atomic E-state index is 0.954. The van der Waals surface area contributed by atoms with Crippen LogP contribution in [0.2, 0.25) is 0 Å². The van der Waals surface area contributed by atoms with Gasteiger partial charge >= 0.3 is 0 Å². The van der Waals surface area contributed by atoms with E-state index in [0.717, 1.165) is 11.8 Å². The highest BCUT2D eigenvalue weighted by atomic mass is 14.3. The molecular formula is C17H26. The van der Waals surface area contributed by atoms with Gasteiger partial charge in [0.25, 0.3) is 0 Å². The molecule has 17 heavy (non-hydrogen) atoms. The third-order valence-electron chi connectivity index (χ3n) is 4.30. The van der Waals surface area contributed by atoms with Gasteiger partial charge in [0, 0.05) is 0 Å². The molecular weight excluding hydrogens is 204 g/mol. The Kier molecular flexibility index (Phi) is 5.09. The van der Waals surface area contributed by atoms with Gasteiger partial charge in [-0.3, -0.25) is 0 Å². The zero-order valence-corrected chi connectivity index (χ0v) is 11.2. The molecule has 1 aliphatic carbocycles. The van der Waals surface area contributed by atoms with E-state index in [9.17, 15) is 0 Å². The minimum atomic E-state index is 0.954. The van der Waals surface area contributed by atoms with Crippen LogP contribution >= 0.6 is 0 Å². The molecule has 1 fully saturated rings. The first kappa shape index (κ1) is 12.7. The highest BCUT2D eigenvalue weighted by Gasteiger charge is 2.20. The molecule has 1 saturated carbocycles. The quantitative estimate of drug-likeness (QED) is 0.650. The van der Waals surface area contributed by atoms with Gasteiger partial charge in [-0.1, -0.05) is 69.4 Å². The van der Waals surface area contributed by atoms with Gasteiger partial charge in [-0.15, -0.1) is 0 Å². The molecule has 0 aromatic heterocycles. The maximum absolute atomic E-state index is 2.31. The van der Waals surface area contributed by atoms with Crippen LogP contribution in [0.25, 0.3) is 0 Å². The third-order valence-corrected chi connectivity index (χ3v) is 4.30. The molecule has 0 spiro atoms. The predicted molar refractivity (Wildman–Crippen MR) is 75.1 cm³/mol. The summed E-state index contributed by atoms with van der Waals surface area (Å²) in [5.74, 6) is 2.00. The molecule has 1 aromatic carbocycles. The van der Waals surface area contributed by atoms with Gasteiger partial charge in [0.15, 0.2) is 0 Å². The fourth-order valence-corrected chi connectivity index (χ4v) is 3.16. The molecule has 1 aromatic rings. The lowest BCUT2D eigenvalue weighted by Gasteiger charge is -2.28. The van der Waals surface area contributed by atoms with E-state index in [1.54, 1.807) is 0 Å². The van der Waals surface area contributed by atoms with Crippen LogP contribution in [0.4, 0.5) is 0 Å². The summed E-state index contributed by atoms with van der Waals surface area (Å²) in [6.07, 6.45) is 11.5. The summed E-state index contributed by atoms with van der Waals surface area (Å²) in [5.41, 5.74) is 1.53. The first-order valence-electron chi connectivity index (χ1n) is 7.42. The Labute approximate surface area is 106 Å². The van der Waals surface area contributed by atoms with Crippen LogP contribution in [-0.2, 0) is 6.42 Å². The molecule has 1 aliphatic rings. The smallest absolute Gasteiger partial charge is 0.0250 e. The topological polar surface area (TPSA) is 0 Å². The predicted octanol–water partition coefficient (Wildman–Crippen LogP) is 5.23. The Morgan fingerprint density at radius 3 is 2.24 bits per heavy atom. The van der Waals surface area contributed by atoms with Crippen LogP contribution in [0.15, 0.2) is 30.3 Å². The Morgan fingerprint density at radius 2 is 1.59 bits per heavy atom. The summed E-state index contributed by atoms with van der Waals surface area (Å²) >= 11 is 0. The summed E-state index contributed by atoms with van der Waals surface area (Å²) in [5, 5.41) is 0. The molecule has 0 heterocycles. The second kappa shape index (κ2) is 6.83. The van der Waals surface area contributed by atoms with Crippen molar-refractivity contribution >= 4 is 0 Å². The van der Waals surface area contributed by atoms with E-state index >= 15 is 0 Å². The van der Waals surface area contributed by atoms with Crippen molar-refractivity contribution in [2.45, 2.75) is 58.3 Å². The van der Waals surface area contributed by atoms with Gasteiger partial charge in [-0.2, -0.15) is 0 Å². The molecule has 0 heteroatoms. The van der Waals surface area contributed by atoms with Gasteiger partial charge < -0.3 is 0 Å². The lowest BCUT2D eigenvalue weighted by atomic mass is 9.77. The highest BCUT2D eigenvalue weighted by molar-refractivity contribution is 5.15. The standard InChI is InChI=1S/C17H26/c1-2-3-7-15-10-12-17(13-11-15)14-16-8-5-4-6-9-16/h4-6,8-9,15,17H,2-3,7,10-14H2,1H3. The molecule has 94 valence electrons. The van der Waals surface area contributed by atoms with Crippen molar-refractivity contribution < 1.29 is 0 Å². The van der Waals surface area contributed by atoms with Gasteiger partial charge in [-0.05, 0) is 36.7 Å². The van der Waals surface area contributed by atoms with Crippen molar-refractivity contribution in [3.05, 3.63) is 35.9 Å². The SMILES string of the molecule is CCCCC1CCC(Cc2ccccc2)CC1. The first-order chi connectivity index (χ1) is 8.38. The second-order valence-electron chi connectivity index (χ2n) is 5.72. The van der Waals surface area contributed by atoms with Crippen molar-refractivity contribution in [3.63, 3.8) is 0 Å². The Hall–Kier alpha value is -0.780. The Morgan fingerprint density at radius 1 is 0.941 bits per heavy atom. The lowest BCUT2D eigenvalue weighted by molar-refractivity contribution is 0.258. The number of rotatable bonds is 5. The van der Waals surface area contributed by atoms with E-state index in [1.165, 1.54) is 56.9 Å². The molecule has 0 nitrogen and oxygen atoms in total. The van der Waals surface area contributed by atoms with Crippen molar-refractivity contribution in [1.29, 1.82) is 0 Å². The van der Waals surface area contributed by atoms with Gasteiger partial charge in [0.2, 0.25) is 0 Å².